The maximum Gasteiger partial charge on any atom is 0.254 e. The lowest BCUT2D eigenvalue weighted by Gasteiger charge is -2.29. The van der Waals surface area contributed by atoms with Crippen molar-refractivity contribution in [3.8, 4) is 0 Å². The predicted octanol–water partition coefficient (Wildman–Crippen LogP) is 2.07. The van der Waals surface area contributed by atoms with Crippen LogP contribution in [0, 0.1) is 6.92 Å². The largest absolute Gasteiger partial charge is 0.378 e. The number of anilines is 1. The molecule has 1 saturated heterocycles. The van der Waals surface area contributed by atoms with Gasteiger partial charge < -0.3 is 14.5 Å². The molecule has 0 radical (unpaired) electrons. The van der Waals surface area contributed by atoms with Crippen molar-refractivity contribution in [2.45, 2.75) is 26.4 Å². The molecule has 0 bridgehead atoms. The number of hydrogen-bond donors (Lipinski definition) is 0. The summed E-state index contributed by atoms with van der Waals surface area (Å²) in [7, 11) is 0. The molecule has 6 heteroatoms. The molecule has 1 aromatic heterocycles. The zero-order valence-corrected chi connectivity index (χ0v) is 14.6. The van der Waals surface area contributed by atoms with Crippen molar-refractivity contribution in [1.82, 2.24) is 14.7 Å². The predicted molar refractivity (Wildman–Crippen MR) is 95.8 cm³/mol. The average Bonchev–Trinajstić information content (AvgIpc) is 3.04. The van der Waals surface area contributed by atoms with Crippen LogP contribution in [0.2, 0.25) is 0 Å². The summed E-state index contributed by atoms with van der Waals surface area (Å²) < 4.78 is 7.41. The number of amides is 1. The molecular weight excluding hydrogens is 316 g/mol. The first-order valence-corrected chi connectivity index (χ1v) is 8.96. The van der Waals surface area contributed by atoms with Crippen molar-refractivity contribution in [2.24, 2.45) is 0 Å². The number of aromatic nitrogens is 2. The van der Waals surface area contributed by atoms with Gasteiger partial charge in [-0.1, -0.05) is 12.1 Å². The standard InChI is InChI=1S/C19H24N4O2/c1-15-13-18-22(7-2-8-23(18)20-15)14-16-3-5-17(6-4-16)19(24)21-9-11-25-12-10-21/h3-6,13H,2,7-12,14H2,1H3. The van der Waals surface area contributed by atoms with Crippen molar-refractivity contribution in [2.75, 3.05) is 37.7 Å². The molecule has 0 aliphatic carbocycles. The summed E-state index contributed by atoms with van der Waals surface area (Å²) in [6.07, 6.45) is 1.11. The lowest BCUT2D eigenvalue weighted by molar-refractivity contribution is 0.0303. The van der Waals surface area contributed by atoms with Crippen LogP contribution in [0.5, 0.6) is 0 Å². The first kappa shape index (κ1) is 16.1. The Hall–Kier alpha value is -2.34. The van der Waals surface area contributed by atoms with Gasteiger partial charge >= 0.3 is 0 Å². The van der Waals surface area contributed by atoms with Crippen LogP contribution in [0.25, 0.3) is 0 Å². The fourth-order valence-electron chi connectivity index (χ4n) is 3.56. The quantitative estimate of drug-likeness (QED) is 0.858. The number of nitrogens with zero attached hydrogens (tertiary/aromatic N) is 4. The second-order valence-corrected chi connectivity index (χ2v) is 6.74. The second kappa shape index (κ2) is 6.88. The Labute approximate surface area is 148 Å². The third-order valence-corrected chi connectivity index (χ3v) is 4.88. The molecule has 2 aliphatic heterocycles. The van der Waals surface area contributed by atoms with Gasteiger partial charge in [0.15, 0.2) is 0 Å². The van der Waals surface area contributed by atoms with Crippen LogP contribution in [-0.2, 0) is 17.8 Å². The van der Waals surface area contributed by atoms with Crippen LogP contribution in [0.4, 0.5) is 5.82 Å². The van der Waals surface area contributed by atoms with E-state index in [2.05, 4.69) is 32.9 Å². The molecular formula is C19H24N4O2. The number of ether oxygens (including phenoxy) is 1. The SMILES string of the molecule is Cc1cc2n(n1)CCCN2Cc1ccc(C(=O)N2CCOCC2)cc1. The van der Waals surface area contributed by atoms with E-state index in [-0.39, 0.29) is 5.91 Å². The molecule has 2 aliphatic rings. The summed E-state index contributed by atoms with van der Waals surface area (Å²) >= 11 is 0. The number of carbonyl (C=O) groups is 1. The van der Waals surface area contributed by atoms with Crippen molar-refractivity contribution in [3.05, 3.63) is 47.2 Å². The Morgan fingerprint density at radius 3 is 2.64 bits per heavy atom. The van der Waals surface area contributed by atoms with E-state index < -0.39 is 0 Å². The molecule has 0 N–H and O–H groups in total. The van der Waals surface area contributed by atoms with Crippen LogP contribution < -0.4 is 4.90 Å². The van der Waals surface area contributed by atoms with E-state index in [1.807, 2.05) is 24.0 Å². The van der Waals surface area contributed by atoms with Crippen LogP contribution >= 0.6 is 0 Å². The molecule has 6 nitrogen and oxygen atoms in total. The minimum atomic E-state index is 0.0986. The highest BCUT2D eigenvalue weighted by molar-refractivity contribution is 5.94. The minimum absolute atomic E-state index is 0.0986. The van der Waals surface area contributed by atoms with Gasteiger partial charge in [-0.25, -0.2) is 4.68 Å². The lowest BCUT2D eigenvalue weighted by Crippen LogP contribution is -2.40. The fraction of sp³-hybridized carbons (Fsp3) is 0.474. The smallest absolute Gasteiger partial charge is 0.254 e. The third-order valence-electron chi connectivity index (χ3n) is 4.88. The van der Waals surface area contributed by atoms with E-state index in [9.17, 15) is 4.79 Å². The van der Waals surface area contributed by atoms with Gasteiger partial charge in [-0.3, -0.25) is 4.79 Å². The van der Waals surface area contributed by atoms with Gasteiger partial charge in [0.05, 0.1) is 18.9 Å². The molecule has 3 heterocycles. The van der Waals surface area contributed by atoms with E-state index in [4.69, 9.17) is 4.74 Å². The van der Waals surface area contributed by atoms with Crippen LogP contribution in [0.1, 0.15) is 28.0 Å². The molecule has 0 saturated carbocycles. The van der Waals surface area contributed by atoms with Crippen molar-refractivity contribution < 1.29 is 9.53 Å². The molecule has 0 atom stereocenters. The van der Waals surface area contributed by atoms with Gasteiger partial charge in [-0.05, 0) is 31.0 Å². The Kier molecular flexibility index (Phi) is 4.44. The molecule has 1 aromatic carbocycles. The average molecular weight is 340 g/mol. The molecule has 132 valence electrons. The zero-order valence-electron chi connectivity index (χ0n) is 14.6. The number of aryl methyl sites for hydroxylation is 2. The van der Waals surface area contributed by atoms with E-state index in [1.54, 1.807) is 0 Å². The van der Waals surface area contributed by atoms with E-state index in [0.717, 1.165) is 37.3 Å². The molecule has 0 spiro atoms. The van der Waals surface area contributed by atoms with Gasteiger partial charge in [-0.15, -0.1) is 0 Å². The zero-order chi connectivity index (χ0) is 17.2. The third kappa shape index (κ3) is 3.39. The van der Waals surface area contributed by atoms with Crippen molar-refractivity contribution in [1.29, 1.82) is 0 Å². The molecule has 4 rings (SSSR count). The van der Waals surface area contributed by atoms with Crippen molar-refractivity contribution in [3.63, 3.8) is 0 Å². The van der Waals surface area contributed by atoms with E-state index in [1.165, 1.54) is 11.4 Å². The summed E-state index contributed by atoms with van der Waals surface area (Å²) in [4.78, 5) is 16.7. The number of benzene rings is 1. The summed E-state index contributed by atoms with van der Waals surface area (Å²) in [6, 6.07) is 10.2. The Balaban J connectivity index is 1.45. The van der Waals surface area contributed by atoms with E-state index >= 15 is 0 Å². The van der Waals surface area contributed by atoms with Gasteiger partial charge in [0.1, 0.15) is 5.82 Å². The van der Waals surface area contributed by atoms with Gasteiger partial charge in [0.25, 0.3) is 5.91 Å². The second-order valence-electron chi connectivity index (χ2n) is 6.74. The fourth-order valence-corrected chi connectivity index (χ4v) is 3.56. The Bertz CT molecular complexity index is 747. The van der Waals surface area contributed by atoms with Crippen LogP contribution in [0.3, 0.4) is 0 Å². The normalized spacial score (nSPS) is 17.5. The number of morpholine rings is 1. The lowest BCUT2D eigenvalue weighted by atomic mass is 10.1. The molecule has 25 heavy (non-hydrogen) atoms. The Morgan fingerprint density at radius 2 is 1.88 bits per heavy atom. The minimum Gasteiger partial charge on any atom is -0.378 e. The first-order valence-electron chi connectivity index (χ1n) is 8.96. The number of fused-ring (bicyclic) bond motifs is 1. The van der Waals surface area contributed by atoms with Gasteiger partial charge in [0.2, 0.25) is 0 Å². The number of hydrogen-bond acceptors (Lipinski definition) is 4. The van der Waals surface area contributed by atoms with Crippen molar-refractivity contribution >= 4 is 11.7 Å². The van der Waals surface area contributed by atoms with E-state index in [0.29, 0.717) is 26.3 Å². The Morgan fingerprint density at radius 1 is 1.12 bits per heavy atom. The van der Waals surface area contributed by atoms with Crippen LogP contribution in [0.15, 0.2) is 30.3 Å². The molecule has 1 fully saturated rings. The summed E-state index contributed by atoms with van der Waals surface area (Å²) in [6.45, 7) is 7.53. The molecule has 0 unspecified atom stereocenters. The summed E-state index contributed by atoms with van der Waals surface area (Å²) in [5.41, 5.74) is 3.03. The summed E-state index contributed by atoms with van der Waals surface area (Å²) in [5.74, 6) is 1.29. The molecule has 1 amide bonds. The first-order chi connectivity index (χ1) is 12.2. The van der Waals surface area contributed by atoms with Gasteiger partial charge in [0, 0.05) is 44.4 Å². The highest BCUT2D eigenvalue weighted by Crippen LogP contribution is 2.23. The summed E-state index contributed by atoms with van der Waals surface area (Å²) in [5, 5.41) is 4.55. The topological polar surface area (TPSA) is 50.6 Å². The van der Waals surface area contributed by atoms with Crippen LogP contribution in [-0.4, -0.2) is 53.4 Å². The highest BCUT2D eigenvalue weighted by Gasteiger charge is 2.20. The highest BCUT2D eigenvalue weighted by atomic mass is 16.5. The number of rotatable bonds is 3. The maximum absolute atomic E-state index is 12.5. The monoisotopic (exact) mass is 340 g/mol. The molecule has 2 aromatic rings. The maximum atomic E-state index is 12.5. The number of carbonyl (C=O) groups excluding carboxylic acids is 1. The van der Waals surface area contributed by atoms with Gasteiger partial charge in [-0.2, -0.15) is 5.10 Å².